The lowest BCUT2D eigenvalue weighted by Crippen LogP contribution is -2.62. The third kappa shape index (κ3) is 12.9. The molecule has 3 aliphatic carbocycles. The average Bonchev–Trinajstić information content (AvgIpc) is 0.889. The topological polar surface area (TPSA) is 194 Å². The second-order valence-corrected chi connectivity index (χ2v) is 30.9. The maximum atomic E-state index is 17.9. The molecule has 6 aromatic carbocycles. The zero-order valence-corrected chi connectivity index (χ0v) is 54.5. The number of aliphatic hydroxyl groups excluding tert-OH is 4. The molecule has 3 fully saturated rings. The highest BCUT2D eigenvalue weighted by Crippen LogP contribution is 2.58. The van der Waals surface area contributed by atoms with Crippen LogP contribution in [0.3, 0.4) is 0 Å². The van der Waals surface area contributed by atoms with Crippen LogP contribution in [0.5, 0.6) is 28.7 Å². The van der Waals surface area contributed by atoms with Crippen molar-refractivity contribution < 1.29 is 49.6 Å². The van der Waals surface area contributed by atoms with E-state index in [-0.39, 0.29) is 42.3 Å². The second-order valence-electron chi connectivity index (χ2n) is 25.7. The molecule has 12 nitrogen and oxygen atoms in total. The van der Waals surface area contributed by atoms with E-state index in [1.54, 1.807) is 62.4 Å². The predicted molar refractivity (Wildman–Crippen MR) is 362 cm³/mol. The fourth-order valence-electron chi connectivity index (χ4n) is 16.4. The summed E-state index contributed by atoms with van der Waals surface area (Å²) in [4.78, 5) is 21.1. The van der Waals surface area contributed by atoms with Crippen LogP contribution >= 0.6 is 43.2 Å². The highest BCUT2D eigenvalue weighted by Gasteiger charge is 2.62. The normalized spacial score (nSPS) is 28.6. The number of rotatable bonds is 13. The number of aliphatic hydroxyl groups is 4. The summed E-state index contributed by atoms with van der Waals surface area (Å²) in [5, 5.41) is 79.8. The molecule has 12 atom stereocenters. The number of phenols is 2. The van der Waals surface area contributed by atoms with Crippen molar-refractivity contribution in [3.63, 3.8) is 0 Å². The summed E-state index contributed by atoms with van der Waals surface area (Å²) in [6.07, 6.45) is 11.5. The van der Waals surface area contributed by atoms with Crippen molar-refractivity contribution in [1.82, 2.24) is 10.3 Å². The summed E-state index contributed by atoms with van der Waals surface area (Å²) in [7, 11) is 10.2. The lowest BCUT2D eigenvalue weighted by molar-refractivity contribution is -0.150. The number of phenolic OH excluding ortho intramolecular Hbond substituents is 2. The molecule has 0 amide bonds. The Bertz CT molecular complexity index is 3570. The zero-order valence-electron chi connectivity index (χ0n) is 51.3. The number of benzene rings is 6. The number of aromatic hydroxyl groups is 2. The van der Waals surface area contributed by atoms with Crippen molar-refractivity contribution >= 4 is 59.7 Å². The van der Waals surface area contributed by atoms with Crippen LogP contribution < -0.4 is 19.5 Å². The molecule has 16 heteroatoms. The zero-order chi connectivity index (χ0) is 61.8. The summed E-state index contributed by atoms with van der Waals surface area (Å²) in [6.45, 7) is 1.42. The van der Waals surface area contributed by atoms with Crippen LogP contribution in [0, 0.1) is 29.6 Å². The highest BCUT2D eigenvalue weighted by atomic mass is 33.1. The van der Waals surface area contributed by atoms with Crippen molar-refractivity contribution in [3.05, 3.63) is 183 Å². The van der Waals surface area contributed by atoms with Gasteiger partial charge in [0.15, 0.2) is 35.6 Å². The Morgan fingerprint density at radius 2 is 1.62 bits per heavy atom. The second kappa shape index (κ2) is 28.3. The van der Waals surface area contributed by atoms with Crippen molar-refractivity contribution in [2.24, 2.45) is 29.6 Å². The van der Waals surface area contributed by atoms with Gasteiger partial charge < -0.3 is 55.2 Å². The van der Waals surface area contributed by atoms with Gasteiger partial charge in [0.2, 0.25) is 0 Å². The molecule has 2 bridgehead atoms. The number of aromatic nitrogens is 1. The number of aryl methyl sites for hydroxylation is 1. The molecule has 8 N–H and O–H groups in total. The van der Waals surface area contributed by atoms with Crippen LogP contribution in [0.2, 0.25) is 0 Å². The number of H-pyrrole nitrogens is 1. The predicted octanol–water partition coefficient (Wildman–Crippen LogP) is 13.7. The Hall–Kier alpha value is -5.27. The molecule has 7 aromatic rings. The summed E-state index contributed by atoms with van der Waals surface area (Å²) in [5.41, 5.74) is 6.77. The SMILES string of the molecule is CCc1ccc2cccc3c2c1Cc1c(ccc(O)c1OC)C[C@@H](Cc1cc[nH]c1)[C@H](O)[C@@H]1C(=O)[C@](c2cc(O)cc([C@@]4(NC)CCC[C@H](Cc5ccccc5)C4)c2)([C@H]2CSSC[C@H]4CCCC[C@@H]4Oc4cc2ccc4OCO)[C@@H](O)C[C@H]1CSS[C@H]3CO. The molecular weight excluding hydrogens is 1190 g/mol. The smallest absolute Gasteiger partial charge is 0.186 e. The van der Waals surface area contributed by atoms with Crippen molar-refractivity contribution in [1.29, 1.82) is 0 Å². The minimum absolute atomic E-state index is 0.00177. The number of ketones is 1. The molecule has 0 spiro atoms. The first-order valence-electron chi connectivity index (χ1n) is 32.1. The minimum atomic E-state index is -1.78. The molecule has 3 saturated carbocycles. The number of carbonyl (C=O) groups excluding carboxylic acids is 1. The molecule has 472 valence electrons. The summed E-state index contributed by atoms with van der Waals surface area (Å²) >= 11 is 0. The summed E-state index contributed by atoms with van der Waals surface area (Å²) in [6, 6.07) is 38.2. The van der Waals surface area contributed by atoms with Gasteiger partial charge in [0, 0.05) is 64.9 Å². The molecule has 89 heavy (non-hydrogen) atoms. The first-order chi connectivity index (χ1) is 43.4. The summed E-state index contributed by atoms with van der Waals surface area (Å²) < 4.78 is 19.1. The van der Waals surface area contributed by atoms with Crippen LogP contribution in [0.25, 0.3) is 10.8 Å². The van der Waals surface area contributed by atoms with Crippen LogP contribution in [-0.4, -0.2) is 105 Å². The number of methoxy groups -OCH3 is 1. The molecule has 2 aliphatic heterocycles. The van der Waals surface area contributed by atoms with Gasteiger partial charge in [-0.05, 0) is 193 Å². The minimum Gasteiger partial charge on any atom is -0.508 e. The highest BCUT2D eigenvalue weighted by molar-refractivity contribution is 8.77. The number of Topliss-reactive ketones (excluding diaryl/α,β-unsaturated/α-hetero) is 1. The Balaban J connectivity index is 1.06. The van der Waals surface area contributed by atoms with E-state index < -0.39 is 58.9 Å². The van der Waals surface area contributed by atoms with Gasteiger partial charge in [-0.2, -0.15) is 0 Å². The van der Waals surface area contributed by atoms with Gasteiger partial charge >= 0.3 is 0 Å². The molecule has 12 rings (SSSR count). The molecule has 0 saturated heterocycles. The lowest BCUT2D eigenvalue weighted by Gasteiger charge is -2.53. The number of ether oxygens (including phenoxy) is 3. The molecule has 5 aliphatic rings. The van der Waals surface area contributed by atoms with Gasteiger partial charge in [-0.1, -0.05) is 142 Å². The fourth-order valence-corrected chi connectivity index (χ4v) is 22.1. The van der Waals surface area contributed by atoms with Gasteiger partial charge in [0.05, 0.1) is 36.6 Å². The van der Waals surface area contributed by atoms with Gasteiger partial charge in [0.25, 0.3) is 0 Å². The van der Waals surface area contributed by atoms with E-state index in [4.69, 9.17) is 14.2 Å². The third-order valence-electron chi connectivity index (χ3n) is 20.8. The Kier molecular flexibility index (Phi) is 20.3. The number of carbonyl (C=O) groups is 1. The van der Waals surface area contributed by atoms with Crippen LogP contribution in [0.4, 0.5) is 0 Å². The molecule has 3 heterocycles. The monoisotopic (exact) mass is 1280 g/mol. The fraction of sp³-hybridized carbons (Fsp3) is 0.466. The number of hydrogen-bond donors (Lipinski definition) is 8. The Morgan fingerprint density at radius 3 is 2.40 bits per heavy atom. The molecule has 0 radical (unpaired) electrons. The molecule has 1 aromatic heterocycles. The molecular formula is C73H86N2O10S4. The van der Waals surface area contributed by atoms with E-state index >= 15 is 4.79 Å². The van der Waals surface area contributed by atoms with E-state index in [0.29, 0.717) is 59.5 Å². The van der Waals surface area contributed by atoms with Gasteiger partial charge in [-0.3, -0.25) is 4.79 Å². The van der Waals surface area contributed by atoms with Gasteiger partial charge in [-0.25, -0.2) is 0 Å². The van der Waals surface area contributed by atoms with E-state index in [0.717, 1.165) is 125 Å². The number of nitrogens with one attached hydrogen (secondary N) is 2. The third-order valence-corrected chi connectivity index (χ3v) is 26.2. The van der Waals surface area contributed by atoms with E-state index in [1.807, 2.05) is 68.0 Å². The quantitative estimate of drug-likeness (QED) is 0.0401. The Labute approximate surface area is 539 Å². The van der Waals surface area contributed by atoms with E-state index in [1.165, 1.54) is 5.56 Å². The van der Waals surface area contributed by atoms with Crippen molar-refractivity contribution in [2.75, 3.05) is 44.8 Å². The molecule has 0 unspecified atom stereocenters. The first-order valence-corrected chi connectivity index (χ1v) is 37.0. The van der Waals surface area contributed by atoms with Crippen molar-refractivity contribution in [3.8, 4) is 28.7 Å². The van der Waals surface area contributed by atoms with Crippen LogP contribution in [-0.2, 0) is 47.9 Å². The first kappa shape index (κ1) is 63.9. The van der Waals surface area contributed by atoms with E-state index in [9.17, 15) is 30.6 Å². The largest absolute Gasteiger partial charge is 0.508 e. The Morgan fingerprint density at radius 1 is 0.798 bits per heavy atom. The van der Waals surface area contributed by atoms with Crippen LogP contribution in [0.15, 0.2) is 128 Å². The van der Waals surface area contributed by atoms with E-state index in [2.05, 4.69) is 71.8 Å². The average molecular weight is 1280 g/mol. The maximum Gasteiger partial charge on any atom is 0.186 e. The van der Waals surface area contributed by atoms with Crippen molar-refractivity contribution in [2.45, 2.75) is 137 Å². The number of fused-ring (bicyclic) bond motifs is 5. The standard InChI is InChI=1S/C73H86N2O10S4/c1-4-47-19-20-48-16-10-17-57-65(39-76)89-88-41-53-32-66(80)73(60-42-87-86-40-51-15-8-9-18-62(51)85-64-31-50(60)22-24-63(64)84-43-77,55-33-54(34-56(78)35-55)72(74-2)26-11-14-45(37-72)28-44-12-6-5-7-13-44)71(82)68(53)69(81)52(29-46-25-27-75-38-46)30-49-21-23-61(79)70(83-3)59(49)36-58(47)67(48)57/h5-7,10,12-13,16-17,19-25,27,31,33-35,38,45,51-53,60,62,65-66,68-69,74-81H,4,8-9,11,14-15,18,26,28-30,32,36-37,39-43H2,1-3H3/t45-,51-,52-,53+,60+,62+,65+,66+,68-,69+,72-,73-/m1/s1. The summed E-state index contributed by atoms with van der Waals surface area (Å²) in [5.74, 6) is 0.0564. The lowest BCUT2D eigenvalue weighted by atomic mass is 9.52. The number of aromatic amines is 1. The maximum absolute atomic E-state index is 17.9. The van der Waals surface area contributed by atoms with Gasteiger partial charge in [-0.15, -0.1) is 0 Å². The number of hydrogen-bond acceptors (Lipinski definition) is 15. The van der Waals surface area contributed by atoms with Gasteiger partial charge in [0.1, 0.15) is 11.9 Å². The van der Waals surface area contributed by atoms with Crippen LogP contribution in [0.1, 0.15) is 132 Å².